The number of aromatic nitrogens is 2. The van der Waals surface area contributed by atoms with Crippen molar-refractivity contribution in [3.8, 4) is 17.2 Å². The first-order valence-electron chi connectivity index (χ1n) is 6.23. The van der Waals surface area contributed by atoms with Crippen LogP contribution in [-0.2, 0) is 6.42 Å². The number of ether oxygens (including phenoxy) is 1. The lowest BCUT2D eigenvalue weighted by Gasteiger charge is -2.04. The van der Waals surface area contributed by atoms with Crippen molar-refractivity contribution in [1.82, 2.24) is 10.1 Å². The highest BCUT2D eigenvalue weighted by Gasteiger charge is 2.28. The Morgan fingerprint density at radius 3 is 2.95 bits per heavy atom. The third-order valence-electron chi connectivity index (χ3n) is 3.30. The van der Waals surface area contributed by atoms with Crippen LogP contribution >= 0.6 is 11.3 Å². The molecule has 2 N–H and O–H groups in total. The van der Waals surface area contributed by atoms with E-state index in [0.29, 0.717) is 16.7 Å². The quantitative estimate of drug-likeness (QED) is 0.783. The number of anilines is 1. The maximum Gasteiger partial charge on any atom is 0.261 e. The molecule has 20 heavy (non-hydrogen) atoms. The third-order valence-corrected chi connectivity index (χ3v) is 4.05. The number of hydrogen-bond acceptors (Lipinski definition) is 6. The highest BCUT2D eigenvalue weighted by Crippen LogP contribution is 2.36. The second kappa shape index (κ2) is 4.35. The summed E-state index contributed by atoms with van der Waals surface area (Å²) < 4.78 is 11.1. The lowest BCUT2D eigenvalue weighted by atomic mass is 10.1. The topological polar surface area (TPSA) is 74.2 Å². The number of fused-ring (bicyclic) bond motifs is 1. The molecule has 0 fully saturated rings. The predicted octanol–water partition coefficient (Wildman–Crippen LogP) is 3.06. The van der Waals surface area contributed by atoms with Crippen LogP contribution in [0.25, 0.3) is 11.5 Å². The van der Waals surface area contributed by atoms with Gasteiger partial charge in [0.15, 0.2) is 6.10 Å². The van der Waals surface area contributed by atoms with E-state index >= 15 is 0 Å². The number of hydrogen-bond donors (Lipinski definition) is 1. The van der Waals surface area contributed by atoms with Gasteiger partial charge in [0.05, 0.1) is 10.6 Å². The van der Waals surface area contributed by atoms with E-state index in [1.807, 2.05) is 35.7 Å². The Hall–Kier alpha value is -2.34. The standard InChI is InChI=1S/C14H11N3O2S/c15-12-9(5-6-20-12)14-16-13(17-19-14)11-7-8-3-1-2-4-10(8)18-11/h1-6,11H,7,15H2. The van der Waals surface area contributed by atoms with Crippen LogP contribution in [0.3, 0.4) is 0 Å². The highest BCUT2D eigenvalue weighted by molar-refractivity contribution is 7.14. The van der Waals surface area contributed by atoms with E-state index in [2.05, 4.69) is 10.1 Å². The molecule has 0 bridgehead atoms. The fraction of sp³-hybridized carbons (Fsp3) is 0.143. The van der Waals surface area contributed by atoms with Gasteiger partial charge in [-0.05, 0) is 23.1 Å². The molecule has 6 heteroatoms. The van der Waals surface area contributed by atoms with Crippen molar-refractivity contribution in [1.29, 1.82) is 0 Å². The number of nitrogen functional groups attached to an aromatic ring is 1. The first kappa shape index (κ1) is 11.5. The van der Waals surface area contributed by atoms with E-state index in [9.17, 15) is 0 Å². The van der Waals surface area contributed by atoms with Gasteiger partial charge in [-0.25, -0.2) is 0 Å². The lowest BCUT2D eigenvalue weighted by molar-refractivity contribution is 0.221. The Labute approximate surface area is 119 Å². The first-order valence-corrected chi connectivity index (χ1v) is 7.11. The highest BCUT2D eigenvalue weighted by atomic mass is 32.1. The molecule has 4 rings (SSSR count). The van der Waals surface area contributed by atoms with Crippen LogP contribution in [0.4, 0.5) is 5.00 Å². The number of para-hydroxylation sites is 1. The second-order valence-electron chi connectivity index (χ2n) is 4.57. The maximum absolute atomic E-state index is 5.86. The molecule has 0 saturated heterocycles. The first-order chi connectivity index (χ1) is 9.81. The van der Waals surface area contributed by atoms with Crippen molar-refractivity contribution >= 4 is 16.3 Å². The van der Waals surface area contributed by atoms with Crippen molar-refractivity contribution in [3.63, 3.8) is 0 Å². The monoisotopic (exact) mass is 285 g/mol. The van der Waals surface area contributed by atoms with Crippen LogP contribution in [0, 0.1) is 0 Å². The molecule has 0 amide bonds. The molecular formula is C14H11N3O2S. The number of nitrogens with two attached hydrogens (primary N) is 1. The summed E-state index contributed by atoms with van der Waals surface area (Å²) in [5.41, 5.74) is 7.81. The van der Waals surface area contributed by atoms with Crippen LogP contribution < -0.4 is 10.5 Å². The van der Waals surface area contributed by atoms with Gasteiger partial charge in [0, 0.05) is 6.42 Å². The summed E-state index contributed by atoms with van der Waals surface area (Å²) in [6.07, 6.45) is 0.568. The molecule has 2 aromatic heterocycles. The molecule has 1 aliphatic heterocycles. The zero-order valence-electron chi connectivity index (χ0n) is 10.4. The Balaban J connectivity index is 1.63. The summed E-state index contributed by atoms with van der Waals surface area (Å²) >= 11 is 1.45. The summed E-state index contributed by atoms with van der Waals surface area (Å²) in [5.74, 6) is 1.89. The van der Waals surface area contributed by atoms with Crippen LogP contribution in [0.5, 0.6) is 5.75 Å². The molecule has 0 radical (unpaired) electrons. The van der Waals surface area contributed by atoms with Gasteiger partial charge in [-0.15, -0.1) is 11.3 Å². The minimum atomic E-state index is -0.190. The fourth-order valence-electron chi connectivity index (χ4n) is 2.30. The van der Waals surface area contributed by atoms with Gasteiger partial charge in [0.1, 0.15) is 5.75 Å². The van der Waals surface area contributed by atoms with Crippen molar-refractivity contribution < 1.29 is 9.26 Å². The Morgan fingerprint density at radius 2 is 2.15 bits per heavy atom. The molecular weight excluding hydrogens is 274 g/mol. The summed E-state index contributed by atoms with van der Waals surface area (Å²) in [5, 5.41) is 6.59. The molecule has 100 valence electrons. The minimum absolute atomic E-state index is 0.190. The van der Waals surface area contributed by atoms with Crippen LogP contribution in [0.15, 0.2) is 40.2 Å². The van der Waals surface area contributed by atoms with Crippen molar-refractivity contribution in [2.45, 2.75) is 12.5 Å². The summed E-state index contributed by atoms with van der Waals surface area (Å²) in [6.45, 7) is 0. The predicted molar refractivity (Wildman–Crippen MR) is 75.5 cm³/mol. The minimum Gasteiger partial charge on any atom is -0.482 e. The van der Waals surface area contributed by atoms with Gasteiger partial charge in [-0.3, -0.25) is 0 Å². The van der Waals surface area contributed by atoms with E-state index in [4.69, 9.17) is 15.0 Å². The van der Waals surface area contributed by atoms with E-state index < -0.39 is 0 Å². The van der Waals surface area contributed by atoms with Gasteiger partial charge < -0.3 is 15.0 Å². The average Bonchev–Trinajstić information content (AvgIpc) is 3.15. The largest absolute Gasteiger partial charge is 0.482 e. The molecule has 1 unspecified atom stereocenters. The Kier molecular flexibility index (Phi) is 2.50. The molecule has 1 aliphatic rings. The molecule has 0 spiro atoms. The molecule has 3 aromatic rings. The van der Waals surface area contributed by atoms with Gasteiger partial charge in [-0.1, -0.05) is 23.4 Å². The molecule has 3 heterocycles. The van der Waals surface area contributed by atoms with Gasteiger partial charge in [0.25, 0.3) is 5.89 Å². The molecule has 0 saturated carbocycles. The smallest absolute Gasteiger partial charge is 0.261 e. The number of benzene rings is 1. The molecule has 0 aliphatic carbocycles. The summed E-state index contributed by atoms with van der Waals surface area (Å²) in [7, 11) is 0. The SMILES string of the molecule is Nc1sccc1-c1nc(C2Cc3ccccc3O2)no1. The molecule has 1 aromatic carbocycles. The molecule has 5 nitrogen and oxygen atoms in total. The van der Waals surface area contributed by atoms with E-state index in [1.165, 1.54) is 16.9 Å². The molecule has 1 atom stereocenters. The third kappa shape index (κ3) is 1.77. The van der Waals surface area contributed by atoms with Crippen molar-refractivity contribution in [2.24, 2.45) is 0 Å². The Morgan fingerprint density at radius 1 is 1.25 bits per heavy atom. The van der Waals surface area contributed by atoms with Crippen LogP contribution in [-0.4, -0.2) is 10.1 Å². The summed E-state index contributed by atoms with van der Waals surface area (Å²) in [4.78, 5) is 4.40. The number of nitrogens with zero attached hydrogens (tertiary/aromatic N) is 2. The number of rotatable bonds is 2. The van der Waals surface area contributed by atoms with E-state index in [0.717, 1.165) is 17.7 Å². The van der Waals surface area contributed by atoms with Crippen LogP contribution in [0.2, 0.25) is 0 Å². The van der Waals surface area contributed by atoms with Gasteiger partial charge in [-0.2, -0.15) is 4.98 Å². The van der Waals surface area contributed by atoms with E-state index in [1.54, 1.807) is 0 Å². The Bertz CT molecular complexity index is 740. The van der Waals surface area contributed by atoms with Gasteiger partial charge in [0.2, 0.25) is 5.82 Å². The van der Waals surface area contributed by atoms with Crippen LogP contribution in [0.1, 0.15) is 17.5 Å². The lowest BCUT2D eigenvalue weighted by Crippen LogP contribution is -2.05. The van der Waals surface area contributed by atoms with Gasteiger partial charge >= 0.3 is 0 Å². The zero-order chi connectivity index (χ0) is 13.5. The zero-order valence-corrected chi connectivity index (χ0v) is 11.3. The second-order valence-corrected chi connectivity index (χ2v) is 5.52. The average molecular weight is 285 g/mol. The summed E-state index contributed by atoms with van der Waals surface area (Å²) in [6, 6.07) is 9.83. The normalized spacial score (nSPS) is 16.9. The fourth-order valence-corrected chi connectivity index (χ4v) is 2.93. The van der Waals surface area contributed by atoms with Crippen molar-refractivity contribution in [3.05, 3.63) is 47.1 Å². The number of thiophene rings is 1. The van der Waals surface area contributed by atoms with E-state index in [-0.39, 0.29) is 6.10 Å². The van der Waals surface area contributed by atoms with Crippen molar-refractivity contribution in [2.75, 3.05) is 5.73 Å². The maximum atomic E-state index is 5.86.